The van der Waals surface area contributed by atoms with E-state index in [0.29, 0.717) is 12.2 Å². The quantitative estimate of drug-likeness (QED) is 0.155. The second-order valence-electron chi connectivity index (χ2n) is 9.69. The Balaban J connectivity index is 3.24. The summed E-state index contributed by atoms with van der Waals surface area (Å²) < 4.78 is 343. The molecule has 0 bridgehead atoms. The lowest BCUT2D eigenvalue weighted by atomic mass is 9.88. The van der Waals surface area contributed by atoms with E-state index in [2.05, 4.69) is 0 Å². The zero-order valence-electron chi connectivity index (χ0n) is 21.5. The van der Waals surface area contributed by atoms with Crippen molar-refractivity contribution in [1.82, 2.24) is 0 Å². The van der Waals surface area contributed by atoms with E-state index in [-0.39, 0.29) is 0 Å². The molecule has 0 radical (unpaired) electrons. The van der Waals surface area contributed by atoms with E-state index in [0.717, 1.165) is 0 Å². The lowest BCUT2D eigenvalue weighted by Crippen LogP contribution is -2.70. The van der Waals surface area contributed by atoms with Crippen LogP contribution in [0.1, 0.15) is 32.1 Å². The van der Waals surface area contributed by atoms with Crippen molar-refractivity contribution in [3.8, 4) is 0 Å². The maximum atomic E-state index is 14.0. The van der Waals surface area contributed by atoms with E-state index in [4.69, 9.17) is 0 Å². The van der Waals surface area contributed by atoms with Crippen molar-refractivity contribution >= 4 is 0 Å². The highest BCUT2D eigenvalue weighted by molar-refractivity contribution is 5.37. The molecule has 0 unspecified atom stereocenters. The van der Waals surface area contributed by atoms with Crippen LogP contribution in [0.3, 0.4) is 0 Å². The van der Waals surface area contributed by atoms with Gasteiger partial charge in [0.1, 0.15) is 0 Å². The minimum atomic E-state index is -8.26. The van der Waals surface area contributed by atoms with Gasteiger partial charge in [0.15, 0.2) is 0 Å². The monoisotopic (exact) mass is 758 g/mol. The van der Waals surface area contributed by atoms with E-state index >= 15 is 0 Å². The average molecular weight is 758 g/mol. The maximum Gasteiger partial charge on any atom is 0.460 e. The third-order valence-corrected chi connectivity index (χ3v) is 6.55. The Kier molecular flexibility index (Phi) is 10.6. The van der Waals surface area contributed by atoms with Gasteiger partial charge in [0.25, 0.3) is 0 Å². The maximum absolute atomic E-state index is 14.0. The fourth-order valence-corrected chi connectivity index (χ4v) is 3.63. The Morgan fingerprint density at radius 1 is 0.319 bits per heavy atom. The van der Waals surface area contributed by atoms with Crippen molar-refractivity contribution in [2.75, 3.05) is 0 Å². The minimum Gasteiger partial charge on any atom is -0.200 e. The first-order chi connectivity index (χ1) is 20.2. The molecule has 0 N–H and O–H groups in total. The first kappa shape index (κ1) is 42.7. The van der Waals surface area contributed by atoms with Gasteiger partial charge in [-0.05, 0) is 30.4 Å². The highest BCUT2D eigenvalue weighted by Gasteiger charge is 2.92. The normalized spacial score (nSPS) is 17.7. The zero-order chi connectivity index (χ0) is 38.1. The van der Waals surface area contributed by atoms with Crippen molar-refractivity contribution in [2.24, 2.45) is 0 Å². The molecule has 1 aliphatic rings. The number of alkyl halides is 26. The van der Waals surface area contributed by atoms with Gasteiger partial charge in [-0.1, -0.05) is 12.2 Å². The fraction of sp³-hybridized carbons (Fsp3) is 0.810. The Labute approximate surface area is 242 Å². The van der Waals surface area contributed by atoms with Crippen molar-refractivity contribution in [2.45, 2.75) is 104 Å². The number of halogens is 26. The van der Waals surface area contributed by atoms with Crippen LogP contribution in [0.2, 0.25) is 0 Å². The van der Waals surface area contributed by atoms with Gasteiger partial charge in [-0.15, -0.1) is 0 Å². The SMILES string of the molecule is FC(F)(F)C(F)(F)C(F)(F)C(F)(F)C(F)(F)C(F)(F)CCC1=CCC=C1CCC(F)(F)C(F)(F)C(F)(F)C(F)(F)C(F)(F)C(F)(F)F. The molecular formula is C21H12F26. The lowest BCUT2D eigenvalue weighted by Gasteiger charge is -2.40. The third kappa shape index (κ3) is 6.30. The van der Waals surface area contributed by atoms with Gasteiger partial charge in [0.05, 0.1) is 0 Å². The van der Waals surface area contributed by atoms with Gasteiger partial charge < -0.3 is 0 Å². The summed E-state index contributed by atoms with van der Waals surface area (Å²) in [6, 6.07) is 0. The van der Waals surface area contributed by atoms with Gasteiger partial charge in [-0.2, -0.15) is 114 Å². The summed E-state index contributed by atoms with van der Waals surface area (Å²) in [4.78, 5) is 0. The second-order valence-corrected chi connectivity index (χ2v) is 9.69. The first-order valence-electron chi connectivity index (χ1n) is 11.5. The molecule has 0 amide bonds. The molecule has 26 heteroatoms. The lowest BCUT2D eigenvalue weighted by molar-refractivity contribution is -0.440. The molecular weight excluding hydrogens is 746 g/mol. The molecule has 0 aromatic carbocycles. The summed E-state index contributed by atoms with van der Waals surface area (Å²) in [5.41, 5.74) is -2.26. The highest BCUT2D eigenvalue weighted by Crippen LogP contribution is 2.62. The predicted octanol–water partition coefficient (Wildman–Crippen LogP) is 11.3. The molecule has 1 aliphatic carbocycles. The molecule has 278 valence electrons. The van der Waals surface area contributed by atoms with Gasteiger partial charge in [-0.25, -0.2) is 0 Å². The highest BCUT2D eigenvalue weighted by atomic mass is 19.4. The third-order valence-electron chi connectivity index (χ3n) is 6.55. The molecule has 47 heavy (non-hydrogen) atoms. The summed E-state index contributed by atoms with van der Waals surface area (Å²) >= 11 is 0. The van der Waals surface area contributed by atoms with Crippen molar-refractivity contribution in [3.63, 3.8) is 0 Å². The van der Waals surface area contributed by atoms with E-state index in [1.54, 1.807) is 0 Å². The topological polar surface area (TPSA) is 0 Å². The summed E-state index contributed by atoms with van der Waals surface area (Å²) in [6.07, 6.45) is -25.1. The molecule has 0 nitrogen and oxygen atoms in total. The average Bonchev–Trinajstić information content (AvgIpc) is 3.31. The van der Waals surface area contributed by atoms with Crippen LogP contribution in [0.5, 0.6) is 0 Å². The summed E-state index contributed by atoms with van der Waals surface area (Å²) in [7, 11) is 0. The summed E-state index contributed by atoms with van der Waals surface area (Å²) in [5.74, 6) is -77.9. The number of allylic oxidation sites excluding steroid dienone is 4. The standard InChI is InChI=1S/C21H12F26/c22-10(23,12(26,27)14(30,31)16(34,35)18(38,39)20(42,43)44)6-4-8-2-1-3-9(8)5-7-11(24,25)13(28,29)15(32,33)17(36,37)19(40,41)21(45,46)47/h2-3H,1,4-7H2. The molecule has 0 aromatic heterocycles. The smallest absolute Gasteiger partial charge is 0.200 e. The molecule has 0 fully saturated rings. The van der Waals surface area contributed by atoms with E-state index in [1.807, 2.05) is 0 Å². The number of hydrogen-bond acceptors (Lipinski definition) is 0. The minimum absolute atomic E-state index is 0.441. The Morgan fingerprint density at radius 3 is 0.745 bits per heavy atom. The number of hydrogen-bond donors (Lipinski definition) is 0. The van der Waals surface area contributed by atoms with E-state index < -0.39 is 115 Å². The molecule has 0 aliphatic heterocycles. The molecule has 0 atom stereocenters. The largest absolute Gasteiger partial charge is 0.460 e. The molecule has 1 rings (SSSR count). The molecule has 0 saturated carbocycles. The van der Waals surface area contributed by atoms with Gasteiger partial charge in [0.2, 0.25) is 0 Å². The van der Waals surface area contributed by atoms with Crippen LogP contribution in [0.4, 0.5) is 114 Å². The Bertz CT molecular complexity index is 1100. The fourth-order valence-electron chi connectivity index (χ4n) is 3.63. The number of rotatable bonds is 14. The van der Waals surface area contributed by atoms with Gasteiger partial charge >= 0.3 is 71.6 Å². The van der Waals surface area contributed by atoms with Crippen LogP contribution in [0, 0.1) is 0 Å². The van der Waals surface area contributed by atoms with Gasteiger partial charge in [-0.3, -0.25) is 0 Å². The van der Waals surface area contributed by atoms with Crippen LogP contribution in [-0.2, 0) is 0 Å². The molecule has 0 aromatic rings. The van der Waals surface area contributed by atoms with E-state index in [1.165, 1.54) is 0 Å². The summed E-state index contributed by atoms with van der Waals surface area (Å²) in [5, 5.41) is 0. The molecule has 0 spiro atoms. The Hall–Kier alpha value is -2.34. The van der Waals surface area contributed by atoms with Crippen LogP contribution >= 0.6 is 0 Å². The van der Waals surface area contributed by atoms with Crippen LogP contribution in [-0.4, -0.2) is 71.6 Å². The van der Waals surface area contributed by atoms with Crippen LogP contribution < -0.4 is 0 Å². The predicted molar refractivity (Wildman–Crippen MR) is 101 cm³/mol. The zero-order valence-corrected chi connectivity index (χ0v) is 21.5. The first-order valence-corrected chi connectivity index (χ1v) is 11.5. The van der Waals surface area contributed by atoms with Crippen LogP contribution in [0.25, 0.3) is 0 Å². The molecule has 0 heterocycles. The van der Waals surface area contributed by atoms with Crippen LogP contribution in [0.15, 0.2) is 23.3 Å². The summed E-state index contributed by atoms with van der Waals surface area (Å²) in [6.45, 7) is 0. The van der Waals surface area contributed by atoms with Crippen molar-refractivity contribution in [3.05, 3.63) is 23.3 Å². The van der Waals surface area contributed by atoms with Crippen molar-refractivity contribution in [1.29, 1.82) is 0 Å². The van der Waals surface area contributed by atoms with E-state index in [9.17, 15) is 114 Å². The Morgan fingerprint density at radius 2 is 0.532 bits per heavy atom. The van der Waals surface area contributed by atoms with Gasteiger partial charge in [0, 0.05) is 12.8 Å². The van der Waals surface area contributed by atoms with Crippen molar-refractivity contribution < 1.29 is 114 Å². The second kappa shape index (κ2) is 11.6. The molecule has 0 saturated heterocycles.